The van der Waals surface area contributed by atoms with Crippen molar-refractivity contribution in [2.24, 2.45) is 10.2 Å². The zero-order valence-electron chi connectivity index (χ0n) is 14.4. The van der Waals surface area contributed by atoms with Crippen molar-refractivity contribution in [2.75, 3.05) is 0 Å². The van der Waals surface area contributed by atoms with Gasteiger partial charge in [0.1, 0.15) is 5.84 Å². The van der Waals surface area contributed by atoms with Crippen LogP contribution in [0.25, 0.3) is 0 Å². The zero-order chi connectivity index (χ0) is 17.4. The molecule has 1 amide bonds. The number of halogens is 1. The van der Waals surface area contributed by atoms with Crippen molar-refractivity contribution in [3.8, 4) is 0 Å². The normalized spacial score (nSPS) is 12.6. The fraction of sp³-hybridized carbons (Fsp3) is 0.389. The molecule has 1 aromatic rings. The van der Waals surface area contributed by atoms with Gasteiger partial charge in [-0.1, -0.05) is 42.3 Å². The fourth-order valence-electron chi connectivity index (χ4n) is 1.76. The molecule has 0 radical (unpaired) electrons. The molecule has 1 aromatic carbocycles. The van der Waals surface area contributed by atoms with Gasteiger partial charge in [-0.3, -0.25) is 4.79 Å². The summed E-state index contributed by atoms with van der Waals surface area (Å²) < 4.78 is 0. The van der Waals surface area contributed by atoms with Crippen molar-refractivity contribution in [3.05, 3.63) is 46.0 Å². The molecular formula is C18H24ClN3O. The highest BCUT2D eigenvalue weighted by Gasteiger charge is 2.13. The molecule has 0 aliphatic carbocycles. The maximum absolute atomic E-state index is 11.5. The summed E-state index contributed by atoms with van der Waals surface area (Å²) >= 11 is 5.82. The first-order valence-electron chi connectivity index (χ1n) is 7.64. The monoisotopic (exact) mass is 333 g/mol. The van der Waals surface area contributed by atoms with E-state index in [0.29, 0.717) is 12.3 Å². The lowest BCUT2D eigenvalue weighted by Crippen LogP contribution is -2.31. The summed E-state index contributed by atoms with van der Waals surface area (Å²) in [6, 6.07) is 7.91. The van der Waals surface area contributed by atoms with Crippen molar-refractivity contribution in [2.45, 2.75) is 47.5 Å². The third-order valence-electron chi connectivity index (χ3n) is 3.45. The van der Waals surface area contributed by atoms with E-state index in [9.17, 15) is 4.79 Å². The van der Waals surface area contributed by atoms with E-state index in [1.807, 2.05) is 45.0 Å². The second-order valence-corrected chi connectivity index (χ2v) is 5.99. The van der Waals surface area contributed by atoms with E-state index in [0.717, 1.165) is 28.3 Å². The number of rotatable bonds is 2. The molecule has 0 fully saturated rings. The summed E-state index contributed by atoms with van der Waals surface area (Å²) in [6.45, 7) is 9.60. The lowest BCUT2D eigenvalue weighted by molar-refractivity contribution is -0.116. The van der Waals surface area contributed by atoms with Gasteiger partial charge >= 0.3 is 0 Å². The molecule has 0 aromatic heterocycles. The number of amidine groups is 1. The predicted octanol–water partition coefficient (Wildman–Crippen LogP) is 4.54. The van der Waals surface area contributed by atoms with Gasteiger partial charge in [0.2, 0.25) is 0 Å². The number of carbonyl (C=O) groups is 1. The highest BCUT2D eigenvalue weighted by Crippen LogP contribution is 2.14. The maximum atomic E-state index is 11.5. The lowest BCUT2D eigenvalue weighted by Gasteiger charge is -2.05. The molecule has 124 valence electrons. The number of nitrogens with one attached hydrogen (secondary N) is 1. The van der Waals surface area contributed by atoms with E-state index in [-0.39, 0.29) is 5.91 Å². The summed E-state index contributed by atoms with van der Waals surface area (Å²) in [5.74, 6) is 0.543. The number of amides is 1. The molecule has 0 atom stereocenters. The van der Waals surface area contributed by atoms with Gasteiger partial charge < -0.3 is 5.32 Å². The topological polar surface area (TPSA) is 53.8 Å². The Morgan fingerprint density at radius 1 is 1.22 bits per heavy atom. The third-order valence-corrected chi connectivity index (χ3v) is 3.82. The largest absolute Gasteiger partial charge is 0.309 e. The Labute approximate surface area is 143 Å². The first kappa shape index (κ1) is 19.1. The first-order valence-corrected chi connectivity index (χ1v) is 8.01. The second kappa shape index (κ2) is 9.26. The Morgan fingerprint density at radius 3 is 2.30 bits per heavy atom. The summed E-state index contributed by atoms with van der Waals surface area (Å²) in [7, 11) is 0. The quantitative estimate of drug-likeness (QED) is 0.794. The maximum Gasteiger partial charge on any atom is 0.252 e. The molecule has 1 heterocycles. The van der Waals surface area contributed by atoms with Crippen molar-refractivity contribution in [1.29, 1.82) is 0 Å². The van der Waals surface area contributed by atoms with Gasteiger partial charge in [0.05, 0.1) is 0 Å². The van der Waals surface area contributed by atoms with Gasteiger partial charge in [-0.2, -0.15) is 5.10 Å². The number of allylic oxidation sites excluding steroid dienone is 1. The summed E-state index contributed by atoms with van der Waals surface area (Å²) in [5, 5.41) is 11.3. The zero-order valence-corrected chi connectivity index (χ0v) is 15.2. The number of aryl methyl sites for hydroxylation is 1. The van der Waals surface area contributed by atoms with Crippen molar-refractivity contribution >= 4 is 29.1 Å². The summed E-state index contributed by atoms with van der Waals surface area (Å²) in [5.41, 5.74) is 3.89. The van der Waals surface area contributed by atoms with Crippen LogP contribution in [0.15, 0.2) is 45.6 Å². The highest BCUT2D eigenvalue weighted by molar-refractivity contribution is 6.31. The van der Waals surface area contributed by atoms with Crippen molar-refractivity contribution < 1.29 is 4.79 Å². The Bertz CT molecular complexity index is 656. The molecule has 5 heteroatoms. The van der Waals surface area contributed by atoms with Crippen molar-refractivity contribution in [3.63, 3.8) is 0 Å². The predicted molar refractivity (Wildman–Crippen MR) is 98.2 cm³/mol. The van der Waals surface area contributed by atoms with Crippen LogP contribution in [0.3, 0.4) is 0 Å². The van der Waals surface area contributed by atoms with E-state index in [2.05, 4.69) is 22.4 Å². The summed E-state index contributed by atoms with van der Waals surface area (Å²) in [6.07, 6.45) is 1.65. The van der Waals surface area contributed by atoms with Gasteiger partial charge in [-0.15, -0.1) is 5.10 Å². The molecule has 2 rings (SSSR count). The molecule has 23 heavy (non-hydrogen) atoms. The van der Waals surface area contributed by atoms with Crippen LogP contribution >= 0.6 is 11.6 Å². The Balaban J connectivity index is 0.000000253. The molecule has 0 saturated heterocycles. The highest BCUT2D eigenvalue weighted by atomic mass is 35.5. The van der Waals surface area contributed by atoms with Crippen LogP contribution in [0.1, 0.15) is 46.6 Å². The van der Waals surface area contributed by atoms with Crippen LogP contribution in [-0.2, 0) is 11.2 Å². The summed E-state index contributed by atoms with van der Waals surface area (Å²) in [4.78, 5) is 11.5. The van der Waals surface area contributed by atoms with Gasteiger partial charge in [-0.25, -0.2) is 0 Å². The molecule has 0 saturated carbocycles. The number of carbonyl (C=O) groups excluding carboxylic acids is 1. The fourth-order valence-corrected chi connectivity index (χ4v) is 2.03. The molecule has 0 unspecified atom stereocenters. The van der Waals surface area contributed by atoms with Gasteiger partial charge in [0.25, 0.3) is 5.91 Å². The molecular weight excluding hydrogens is 310 g/mol. The number of hydrogen-bond acceptors (Lipinski definition) is 3. The molecule has 1 aliphatic rings. The van der Waals surface area contributed by atoms with Crippen LogP contribution in [0.2, 0.25) is 5.02 Å². The van der Waals surface area contributed by atoms with Gasteiger partial charge in [-0.05, 0) is 45.7 Å². The number of nitrogens with zero attached hydrogens (tertiary/aromatic N) is 2. The van der Waals surface area contributed by atoms with Crippen molar-refractivity contribution in [1.82, 2.24) is 5.32 Å². The van der Waals surface area contributed by atoms with E-state index in [1.54, 1.807) is 6.92 Å². The molecule has 1 N–H and O–H groups in total. The van der Waals surface area contributed by atoms with Crippen LogP contribution in [0.4, 0.5) is 0 Å². The smallest absolute Gasteiger partial charge is 0.252 e. The number of hydrogen-bond donors (Lipinski definition) is 1. The van der Waals surface area contributed by atoms with E-state index < -0.39 is 0 Å². The van der Waals surface area contributed by atoms with Crippen LogP contribution in [0, 0.1) is 0 Å². The Hall–Kier alpha value is -1.94. The molecule has 0 bridgehead atoms. The van der Waals surface area contributed by atoms with E-state index >= 15 is 0 Å². The van der Waals surface area contributed by atoms with Crippen LogP contribution in [0.5, 0.6) is 0 Å². The van der Waals surface area contributed by atoms with Crippen LogP contribution < -0.4 is 5.32 Å². The average molecular weight is 334 g/mol. The lowest BCUT2D eigenvalue weighted by atomic mass is 10.1. The number of benzene rings is 1. The van der Waals surface area contributed by atoms with Gasteiger partial charge in [0.15, 0.2) is 0 Å². The minimum absolute atomic E-state index is 0.0892. The second-order valence-electron chi connectivity index (χ2n) is 5.58. The minimum atomic E-state index is -0.0892. The van der Waals surface area contributed by atoms with E-state index in [4.69, 9.17) is 11.6 Å². The van der Waals surface area contributed by atoms with Crippen LogP contribution in [-0.4, -0.2) is 17.5 Å². The standard InChI is InChI=1S/C10H15N3O.C8H9Cl/c1-6(2)8(4)10(14)11-9-5-7(3)12-13-9;1-2-7-5-3-4-6-8(7)9/h5H2,1-4H3,(H,11,13,14);3-6H,2H2,1H3. The molecule has 1 aliphatic heterocycles. The molecule has 4 nitrogen and oxygen atoms in total. The first-order chi connectivity index (χ1) is 10.8. The minimum Gasteiger partial charge on any atom is -0.309 e. The molecule has 0 spiro atoms. The SMILES string of the molecule is CC1=NN=C(NC(=O)C(C)=C(C)C)C1.CCc1ccccc1Cl. The third kappa shape index (κ3) is 6.37. The Morgan fingerprint density at radius 2 is 1.87 bits per heavy atom. The van der Waals surface area contributed by atoms with E-state index in [1.165, 1.54) is 5.56 Å². The van der Waals surface area contributed by atoms with Gasteiger partial charge in [0, 0.05) is 22.7 Å². The Kier molecular flexibility index (Phi) is 7.69. The average Bonchev–Trinajstić information content (AvgIpc) is 2.92.